The average molecular weight is 351 g/mol. The maximum Gasteiger partial charge on any atom is 0.257 e. The minimum absolute atomic E-state index is 0.0653. The van der Waals surface area contributed by atoms with Gasteiger partial charge in [0.1, 0.15) is 22.9 Å². The highest BCUT2D eigenvalue weighted by molar-refractivity contribution is 5.94. The van der Waals surface area contributed by atoms with Crippen molar-refractivity contribution in [3.8, 4) is 11.5 Å². The van der Waals surface area contributed by atoms with Gasteiger partial charge in [0, 0.05) is 18.5 Å². The van der Waals surface area contributed by atoms with Crippen LogP contribution in [0.25, 0.3) is 0 Å². The van der Waals surface area contributed by atoms with Crippen molar-refractivity contribution in [2.45, 2.75) is 6.42 Å². The molecule has 3 rings (SSSR count). The van der Waals surface area contributed by atoms with Crippen molar-refractivity contribution < 1.29 is 27.4 Å². The molecule has 4 nitrogen and oxygen atoms in total. The summed E-state index contributed by atoms with van der Waals surface area (Å²) in [5.41, 5.74) is 0.0382. The predicted octanol–water partition coefficient (Wildman–Crippen LogP) is 3.09. The highest BCUT2D eigenvalue weighted by Gasteiger charge is 2.24. The zero-order valence-electron chi connectivity index (χ0n) is 13.4. The quantitative estimate of drug-likeness (QED) is 0.861. The second kappa shape index (κ2) is 7.04. The van der Waals surface area contributed by atoms with E-state index < -0.39 is 28.9 Å². The second-order valence-electron chi connectivity index (χ2n) is 5.78. The first-order chi connectivity index (χ1) is 12.0. The molecule has 132 valence electrons. The monoisotopic (exact) mass is 351 g/mol. The van der Waals surface area contributed by atoms with Crippen LogP contribution in [0.3, 0.4) is 0 Å². The molecule has 1 aliphatic heterocycles. The molecule has 0 saturated heterocycles. The van der Waals surface area contributed by atoms with Crippen LogP contribution in [0, 0.1) is 23.4 Å². The molecule has 1 N–H and O–H groups in total. The van der Waals surface area contributed by atoms with Gasteiger partial charge in [0.2, 0.25) is 0 Å². The van der Waals surface area contributed by atoms with Gasteiger partial charge in [-0.1, -0.05) is 6.07 Å². The van der Waals surface area contributed by atoms with Crippen LogP contribution in [-0.4, -0.2) is 26.2 Å². The lowest BCUT2D eigenvalue weighted by atomic mass is 9.96. The molecule has 1 aliphatic rings. The molecule has 0 spiro atoms. The standard InChI is InChI=1S/C18H16F3NO3/c1-24-12-3-2-11-6-10(9-25-15(11)7-12)8-22-18(23)16-13(19)4-5-14(20)17(16)21/h2-5,7,10H,6,8-9H2,1H3,(H,22,23). The normalized spacial score (nSPS) is 15.9. The fourth-order valence-electron chi connectivity index (χ4n) is 2.73. The molecule has 7 heteroatoms. The van der Waals surface area contributed by atoms with E-state index in [0.29, 0.717) is 30.6 Å². The van der Waals surface area contributed by atoms with E-state index in [-0.39, 0.29) is 12.5 Å². The molecule has 0 aliphatic carbocycles. The minimum Gasteiger partial charge on any atom is -0.497 e. The van der Waals surface area contributed by atoms with Gasteiger partial charge in [-0.2, -0.15) is 0 Å². The number of amides is 1. The first kappa shape index (κ1) is 17.1. The summed E-state index contributed by atoms with van der Waals surface area (Å²) < 4.78 is 51.2. The van der Waals surface area contributed by atoms with E-state index in [2.05, 4.69) is 5.32 Å². The van der Waals surface area contributed by atoms with Gasteiger partial charge < -0.3 is 14.8 Å². The number of carbonyl (C=O) groups excluding carboxylic acids is 1. The van der Waals surface area contributed by atoms with Gasteiger partial charge >= 0.3 is 0 Å². The van der Waals surface area contributed by atoms with E-state index >= 15 is 0 Å². The lowest BCUT2D eigenvalue weighted by Gasteiger charge is -2.25. The van der Waals surface area contributed by atoms with E-state index in [1.54, 1.807) is 19.2 Å². The maximum atomic E-state index is 13.6. The van der Waals surface area contributed by atoms with Crippen LogP contribution in [0.4, 0.5) is 13.2 Å². The molecule has 0 fully saturated rings. The number of halogens is 3. The summed E-state index contributed by atoms with van der Waals surface area (Å²) >= 11 is 0. The van der Waals surface area contributed by atoms with Crippen LogP contribution in [0.15, 0.2) is 30.3 Å². The Morgan fingerprint density at radius 1 is 1.24 bits per heavy atom. The third kappa shape index (κ3) is 3.55. The topological polar surface area (TPSA) is 47.6 Å². The molecule has 0 saturated carbocycles. The lowest BCUT2D eigenvalue weighted by Crippen LogP contribution is -2.35. The molecular weight excluding hydrogens is 335 g/mol. The third-order valence-electron chi connectivity index (χ3n) is 4.08. The Morgan fingerprint density at radius 2 is 2.00 bits per heavy atom. The summed E-state index contributed by atoms with van der Waals surface area (Å²) in [5.74, 6) is -3.52. The SMILES string of the molecule is COc1ccc2c(c1)OCC(CNC(=O)c1c(F)ccc(F)c1F)C2. The minimum atomic E-state index is -1.49. The fraction of sp³-hybridized carbons (Fsp3) is 0.278. The molecular formula is C18H16F3NO3. The van der Waals surface area contributed by atoms with Crippen LogP contribution in [0.5, 0.6) is 11.5 Å². The molecule has 1 atom stereocenters. The average Bonchev–Trinajstić information content (AvgIpc) is 2.62. The van der Waals surface area contributed by atoms with Crippen molar-refractivity contribution in [1.29, 1.82) is 0 Å². The van der Waals surface area contributed by atoms with Gasteiger partial charge in [-0.15, -0.1) is 0 Å². The smallest absolute Gasteiger partial charge is 0.257 e. The molecule has 1 unspecified atom stereocenters. The number of fused-ring (bicyclic) bond motifs is 1. The summed E-state index contributed by atoms with van der Waals surface area (Å²) in [5, 5.41) is 2.44. The molecule has 2 aromatic carbocycles. The van der Waals surface area contributed by atoms with Gasteiger partial charge in [-0.25, -0.2) is 13.2 Å². The van der Waals surface area contributed by atoms with E-state index in [1.807, 2.05) is 6.07 Å². The summed E-state index contributed by atoms with van der Waals surface area (Å²) in [6.07, 6.45) is 0.633. The van der Waals surface area contributed by atoms with Crippen LogP contribution in [0.2, 0.25) is 0 Å². The van der Waals surface area contributed by atoms with Crippen molar-refractivity contribution in [1.82, 2.24) is 5.32 Å². The molecule has 0 bridgehead atoms. The molecule has 0 radical (unpaired) electrons. The maximum absolute atomic E-state index is 13.6. The number of nitrogens with one attached hydrogen (secondary N) is 1. The van der Waals surface area contributed by atoms with E-state index in [1.165, 1.54) is 0 Å². The van der Waals surface area contributed by atoms with E-state index in [4.69, 9.17) is 9.47 Å². The summed E-state index contributed by atoms with van der Waals surface area (Å²) in [7, 11) is 1.56. The van der Waals surface area contributed by atoms with Gasteiger partial charge in [0.15, 0.2) is 11.6 Å². The summed E-state index contributed by atoms with van der Waals surface area (Å²) in [6, 6.07) is 6.82. The van der Waals surface area contributed by atoms with Crippen LogP contribution in [0.1, 0.15) is 15.9 Å². The van der Waals surface area contributed by atoms with Gasteiger partial charge in [-0.3, -0.25) is 4.79 Å². The van der Waals surface area contributed by atoms with Gasteiger partial charge in [0.05, 0.1) is 13.7 Å². The Labute approximate surface area is 142 Å². The van der Waals surface area contributed by atoms with Crippen molar-refractivity contribution in [2.75, 3.05) is 20.3 Å². The largest absolute Gasteiger partial charge is 0.497 e. The zero-order valence-corrected chi connectivity index (χ0v) is 13.4. The number of methoxy groups -OCH3 is 1. The summed E-state index contributed by atoms with van der Waals surface area (Å²) in [6.45, 7) is 0.494. The molecule has 2 aromatic rings. The Kier molecular flexibility index (Phi) is 4.83. The highest BCUT2D eigenvalue weighted by atomic mass is 19.2. The number of hydrogen-bond acceptors (Lipinski definition) is 3. The molecule has 0 aromatic heterocycles. The first-order valence-electron chi connectivity index (χ1n) is 7.71. The van der Waals surface area contributed by atoms with Crippen molar-refractivity contribution in [2.24, 2.45) is 5.92 Å². The number of rotatable bonds is 4. The Hall–Kier alpha value is -2.70. The van der Waals surface area contributed by atoms with Crippen LogP contribution in [-0.2, 0) is 6.42 Å². The van der Waals surface area contributed by atoms with Crippen LogP contribution < -0.4 is 14.8 Å². The highest BCUT2D eigenvalue weighted by Crippen LogP contribution is 2.30. The molecule has 25 heavy (non-hydrogen) atoms. The van der Waals surface area contributed by atoms with Crippen molar-refractivity contribution >= 4 is 5.91 Å². The third-order valence-corrected chi connectivity index (χ3v) is 4.08. The van der Waals surface area contributed by atoms with Crippen molar-refractivity contribution in [3.63, 3.8) is 0 Å². The lowest BCUT2D eigenvalue weighted by molar-refractivity contribution is 0.0929. The van der Waals surface area contributed by atoms with Crippen molar-refractivity contribution in [3.05, 3.63) is 58.9 Å². The second-order valence-corrected chi connectivity index (χ2v) is 5.78. The molecule has 1 amide bonds. The Morgan fingerprint density at radius 3 is 2.76 bits per heavy atom. The predicted molar refractivity (Wildman–Crippen MR) is 84.3 cm³/mol. The number of ether oxygens (including phenoxy) is 2. The van der Waals surface area contributed by atoms with E-state index in [9.17, 15) is 18.0 Å². The summed E-state index contributed by atoms with van der Waals surface area (Å²) in [4.78, 5) is 12.0. The zero-order chi connectivity index (χ0) is 18.0. The first-order valence-corrected chi connectivity index (χ1v) is 7.71. The van der Waals surface area contributed by atoms with Gasteiger partial charge in [-0.05, 0) is 30.2 Å². The van der Waals surface area contributed by atoms with E-state index in [0.717, 1.165) is 11.6 Å². The van der Waals surface area contributed by atoms with Gasteiger partial charge in [0.25, 0.3) is 5.91 Å². The molecule has 1 heterocycles. The fourth-order valence-corrected chi connectivity index (χ4v) is 2.73. The Bertz CT molecular complexity index is 810. The number of carbonyl (C=O) groups is 1. The number of benzene rings is 2. The Balaban J connectivity index is 1.65. The van der Waals surface area contributed by atoms with Crippen LogP contribution >= 0.6 is 0 Å². The number of hydrogen-bond donors (Lipinski definition) is 1.